The molecule has 1 rings (SSSR count). The average Bonchev–Trinajstić information content (AvgIpc) is 2.28. The molecular weight excluding hydrogens is 188 g/mol. The highest BCUT2D eigenvalue weighted by Crippen LogP contribution is 2.18. The summed E-state index contributed by atoms with van der Waals surface area (Å²) in [7, 11) is 1.63. The highest BCUT2D eigenvalue weighted by molar-refractivity contribution is 5.15. The molecule has 0 spiro atoms. The molecule has 1 atom stereocenters. The first-order chi connectivity index (χ1) is 7.20. The molecule has 0 bridgehead atoms. The largest absolute Gasteiger partial charge is 0.387 e. The Morgan fingerprint density at radius 3 is 2.47 bits per heavy atom. The Labute approximate surface area is 91.9 Å². The topological polar surface area (TPSA) is 29.5 Å². The molecule has 0 fully saturated rings. The third-order valence-electron chi connectivity index (χ3n) is 2.79. The maximum Gasteiger partial charge on any atom is 0.0880 e. The van der Waals surface area contributed by atoms with Gasteiger partial charge in [0.2, 0.25) is 0 Å². The van der Waals surface area contributed by atoms with E-state index in [-0.39, 0.29) is 0 Å². The number of aliphatic hydroxyl groups is 1. The smallest absolute Gasteiger partial charge is 0.0880 e. The number of hydrogen-bond donors (Lipinski definition) is 1. The van der Waals surface area contributed by atoms with Crippen LogP contribution in [0, 0.1) is 0 Å². The maximum absolute atomic E-state index is 10.2. The Balaban J connectivity index is 2.47. The molecule has 2 nitrogen and oxygen atoms in total. The second-order valence-corrected chi connectivity index (χ2v) is 4.00. The van der Waals surface area contributed by atoms with Crippen LogP contribution in [0.2, 0.25) is 0 Å². The molecule has 1 aromatic carbocycles. The van der Waals surface area contributed by atoms with E-state index in [9.17, 15) is 5.11 Å². The Morgan fingerprint density at radius 2 is 1.93 bits per heavy atom. The molecule has 0 amide bonds. The Morgan fingerprint density at radius 1 is 1.27 bits per heavy atom. The number of rotatable bonds is 6. The first-order valence-corrected chi connectivity index (χ1v) is 5.45. The monoisotopic (exact) mass is 208 g/mol. The second kappa shape index (κ2) is 5.89. The third-order valence-corrected chi connectivity index (χ3v) is 2.79. The van der Waals surface area contributed by atoms with Crippen LogP contribution in [0.25, 0.3) is 0 Å². The number of hydrogen-bond acceptors (Lipinski definition) is 2. The van der Waals surface area contributed by atoms with E-state index in [1.807, 2.05) is 25.1 Å². The van der Waals surface area contributed by atoms with Gasteiger partial charge in [0.15, 0.2) is 0 Å². The lowest BCUT2D eigenvalue weighted by Gasteiger charge is -2.25. The molecule has 0 saturated carbocycles. The number of benzene rings is 1. The minimum atomic E-state index is -0.676. The highest BCUT2D eigenvalue weighted by Gasteiger charge is 2.23. The summed E-state index contributed by atoms with van der Waals surface area (Å²) in [6, 6.07) is 10.2. The molecule has 1 N–H and O–H groups in total. The zero-order valence-corrected chi connectivity index (χ0v) is 9.57. The normalized spacial score (nSPS) is 14.9. The summed E-state index contributed by atoms with van der Waals surface area (Å²) in [4.78, 5) is 0. The van der Waals surface area contributed by atoms with E-state index in [4.69, 9.17) is 4.74 Å². The van der Waals surface area contributed by atoms with E-state index in [2.05, 4.69) is 12.1 Å². The summed E-state index contributed by atoms with van der Waals surface area (Å²) >= 11 is 0. The van der Waals surface area contributed by atoms with E-state index in [0.29, 0.717) is 6.61 Å². The van der Waals surface area contributed by atoms with Crippen LogP contribution in [0.5, 0.6) is 0 Å². The van der Waals surface area contributed by atoms with Gasteiger partial charge in [-0.05, 0) is 24.8 Å². The lowest BCUT2D eigenvalue weighted by molar-refractivity contribution is -0.0394. The van der Waals surface area contributed by atoms with Gasteiger partial charge in [-0.15, -0.1) is 0 Å². The molecule has 0 heterocycles. The van der Waals surface area contributed by atoms with Gasteiger partial charge in [-0.1, -0.05) is 37.3 Å². The quantitative estimate of drug-likeness (QED) is 0.778. The van der Waals surface area contributed by atoms with Crippen molar-refractivity contribution in [3.63, 3.8) is 0 Å². The van der Waals surface area contributed by atoms with Gasteiger partial charge in [0.1, 0.15) is 0 Å². The summed E-state index contributed by atoms with van der Waals surface area (Å²) in [5, 5.41) is 10.2. The van der Waals surface area contributed by atoms with Crippen molar-refractivity contribution in [1.29, 1.82) is 0 Å². The first-order valence-electron chi connectivity index (χ1n) is 5.45. The summed E-state index contributed by atoms with van der Waals surface area (Å²) < 4.78 is 5.04. The first kappa shape index (κ1) is 12.2. The van der Waals surface area contributed by atoms with E-state index in [0.717, 1.165) is 19.3 Å². The average molecular weight is 208 g/mol. The molecule has 0 aliphatic rings. The maximum atomic E-state index is 10.2. The molecule has 84 valence electrons. The number of aryl methyl sites for hydroxylation is 1. The van der Waals surface area contributed by atoms with Crippen molar-refractivity contribution >= 4 is 0 Å². The predicted octanol–water partition coefficient (Wildman–Crippen LogP) is 2.41. The summed E-state index contributed by atoms with van der Waals surface area (Å²) in [5.41, 5.74) is 0.588. The molecule has 0 aromatic heterocycles. The van der Waals surface area contributed by atoms with Crippen molar-refractivity contribution in [2.45, 2.75) is 31.8 Å². The van der Waals surface area contributed by atoms with Crippen LogP contribution in [0.1, 0.15) is 25.3 Å². The lowest BCUT2D eigenvalue weighted by atomic mass is 9.93. The molecule has 0 radical (unpaired) electrons. The van der Waals surface area contributed by atoms with E-state index < -0.39 is 5.60 Å². The second-order valence-electron chi connectivity index (χ2n) is 4.00. The van der Waals surface area contributed by atoms with Crippen LogP contribution in [-0.2, 0) is 11.2 Å². The van der Waals surface area contributed by atoms with Gasteiger partial charge in [-0.3, -0.25) is 0 Å². The molecule has 0 aliphatic heterocycles. The Hall–Kier alpha value is -0.860. The van der Waals surface area contributed by atoms with Gasteiger partial charge in [0, 0.05) is 7.11 Å². The fourth-order valence-electron chi connectivity index (χ4n) is 1.64. The minimum absolute atomic E-state index is 0.413. The van der Waals surface area contributed by atoms with Crippen LogP contribution in [0.15, 0.2) is 30.3 Å². The zero-order valence-electron chi connectivity index (χ0n) is 9.57. The van der Waals surface area contributed by atoms with Crippen LogP contribution >= 0.6 is 0 Å². The molecule has 2 heteroatoms. The fraction of sp³-hybridized carbons (Fsp3) is 0.538. The molecular formula is C13H20O2. The zero-order chi connectivity index (χ0) is 11.1. The van der Waals surface area contributed by atoms with Gasteiger partial charge in [0.05, 0.1) is 12.2 Å². The van der Waals surface area contributed by atoms with E-state index >= 15 is 0 Å². The standard InChI is InChI=1S/C13H20O2/c1-3-13(14,11-15-2)10-9-12-7-5-4-6-8-12/h4-8,14H,3,9-11H2,1-2H3. The van der Waals surface area contributed by atoms with Gasteiger partial charge in [-0.25, -0.2) is 0 Å². The minimum Gasteiger partial charge on any atom is -0.387 e. The van der Waals surface area contributed by atoms with Crippen molar-refractivity contribution < 1.29 is 9.84 Å². The van der Waals surface area contributed by atoms with Crippen LogP contribution < -0.4 is 0 Å². The van der Waals surface area contributed by atoms with Gasteiger partial charge in [-0.2, -0.15) is 0 Å². The molecule has 0 saturated heterocycles. The number of methoxy groups -OCH3 is 1. The van der Waals surface area contributed by atoms with Crippen molar-refractivity contribution in [2.75, 3.05) is 13.7 Å². The van der Waals surface area contributed by atoms with Crippen molar-refractivity contribution in [1.82, 2.24) is 0 Å². The summed E-state index contributed by atoms with van der Waals surface area (Å²) in [5.74, 6) is 0. The van der Waals surface area contributed by atoms with Crippen LogP contribution in [-0.4, -0.2) is 24.4 Å². The lowest BCUT2D eigenvalue weighted by Crippen LogP contribution is -2.33. The fourth-order valence-corrected chi connectivity index (χ4v) is 1.64. The number of ether oxygens (including phenoxy) is 1. The molecule has 1 aromatic rings. The van der Waals surface area contributed by atoms with Gasteiger partial charge < -0.3 is 9.84 Å². The summed E-state index contributed by atoms with van der Waals surface area (Å²) in [6.07, 6.45) is 2.38. The van der Waals surface area contributed by atoms with E-state index in [1.54, 1.807) is 7.11 Å². The third kappa shape index (κ3) is 4.02. The molecule has 0 aliphatic carbocycles. The Kier molecular flexibility index (Phi) is 4.79. The highest BCUT2D eigenvalue weighted by atomic mass is 16.5. The van der Waals surface area contributed by atoms with Crippen LogP contribution in [0.4, 0.5) is 0 Å². The van der Waals surface area contributed by atoms with E-state index in [1.165, 1.54) is 5.56 Å². The SMILES string of the molecule is CCC(O)(CCc1ccccc1)COC. The van der Waals surface area contributed by atoms with Gasteiger partial charge in [0.25, 0.3) is 0 Å². The summed E-state index contributed by atoms with van der Waals surface area (Å²) in [6.45, 7) is 2.40. The molecule has 15 heavy (non-hydrogen) atoms. The van der Waals surface area contributed by atoms with Crippen molar-refractivity contribution in [2.24, 2.45) is 0 Å². The Bertz CT molecular complexity index is 271. The van der Waals surface area contributed by atoms with Crippen LogP contribution in [0.3, 0.4) is 0 Å². The molecule has 1 unspecified atom stereocenters. The van der Waals surface area contributed by atoms with Crippen molar-refractivity contribution in [3.05, 3.63) is 35.9 Å². The van der Waals surface area contributed by atoms with Gasteiger partial charge >= 0.3 is 0 Å². The van der Waals surface area contributed by atoms with Crippen molar-refractivity contribution in [3.8, 4) is 0 Å². The predicted molar refractivity (Wildman–Crippen MR) is 61.9 cm³/mol.